The van der Waals surface area contributed by atoms with Crippen LogP contribution in [-0.4, -0.2) is 38.7 Å². The third kappa shape index (κ3) is 2.79. The van der Waals surface area contributed by atoms with Crippen molar-refractivity contribution in [1.29, 1.82) is 0 Å². The summed E-state index contributed by atoms with van der Waals surface area (Å²) in [6, 6.07) is 2.37. The van der Waals surface area contributed by atoms with Crippen LogP contribution < -0.4 is 0 Å². The van der Waals surface area contributed by atoms with Crippen molar-refractivity contribution in [2.45, 2.75) is 46.6 Å². The Morgan fingerprint density at radius 1 is 1.32 bits per heavy atom. The Kier molecular flexibility index (Phi) is 4.04. The maximum atomic E-state index is 12.8. The van der Waals surface area contributed by atoms with Gasteiger partial charge in [0, 0.05) is 18.8 Å². The van der Waals surface area contributed by atoms with E-state index in [9.17, 15) is 4.79 Å². The SMILES string of the molecule is Cc1cc(C)n([C@@H]2CCCN(C(=O)c3sc(C)nc3C)C2)n1. The maximum Gasteiger partial charge on any atom is 0.265 e. The van der Waals surface area contributed by atoms with Gasteiger partial charge >= 0.3 is 0 Å². The van der Waals surface area contributed by atoms with Crippen molar-refractivity contribution in [1.82, 2.24) is 19.7 Å². The number of rotatable bonds is 2. The van der Waals surface area contributed by atoms with Crippen LogP contribution in [0.3, 0.4) is 0 Å². The van der Waals surface area contributed by atoms with E-state index < -0.39 is 0 Å². The molecule has 1 fully saturated rings. The summed E-state index contributed by atoms with van der Waals surface area (Å²) in [5, 5.41) is 5.54. The van der Waals surface area contributed by atoms with Gasteiger partial charge in [0.1, 0.15) is 4.88 Å². The molecule has 22 heavy (non-hydrogen) atoms. The molecule has 0 saturated carbocycles. The van der Waals surface area contributed by atoms with Gasteiger partial charge in [-0.05, 0) is 46.6 Å². The van der Waals surface area contributed by atoms with Crippen LogP contribution in [0.5, 0.6) is 0 Å². The van der Waals surface area contributed by atoms with Crippen molar-refractivity contribution < 1.29 is 4.79 Å². The van der Waals surface area contributed by atoms with Gasteiger partial charge in [0.05, 0.1) is 22.4 Å². The van der Waals surface area contributed by atoms with E-state index in [0.29, 0.717) is 0 Å². The van der Waals surface area contributed by atoms with Crippen LogP contribution >= 0.6 is 11.3 Å². The number of aryl methyl sites for hydroxylation is 4. The molecule has 0 spiro atoms. The van der Waals surface area contributed by atoms with Gasteiger partial charge in [-0.3, -0.25) is 9.48 Å². The molecule has 0 bridgehead atoms. The van der Waals surface area contributed by atoms with Crippen LogP contribution in [0.2, 0.25) is 0 Å². The fourth-order valence-corrected chi connectivity index (χ4v) is 4.12. The van der Waals surface area contributed by atoms with Crippen molar-refractivity contribution in [3.63, 3.8) is 0 Å². The molecule has 0 unspecified atom stereocenters. The molecule has 5 nitrogen and oxygen atoms in total. The molecule has 118 valence electrons. The molecule has 0 aromatic carbocycles. The van der Waals surface area contributed by atoms with Crippen molar-refractivity contribution >= 4 is 17.2 Å². The third-order valence-corrected chi connectivity index (χ3v) is 5.23. The van der Waals surface area contributed by atoms with Gasteiger partial charge in [-0.2, -0.15) is 5.10 Å². The Balaban J connectivity index is 1.80. The van der Waals surface area contributed by atoms with E-state index in [1.807, 2.05) is 25.7 Å². The molecule has 0 aliphatic carbocycles. The zero-order valence-electron chi connectivity index (χ0n) is 13.6. The van der Waals surface area contributed by atoms with E-state index in [0.717, 1.165) is 47.2 Å². The number of thiazole rings is 1. The first-order valence-electron chi connectivity index (χ1n) is 7.71. The molecular weight excluding hydrogens is 296 g/mol. The van der Waals surface area contributed by atoms with E-state index in [2.05, 4.69) is 27.8 Å². The van der Waals surface area contributed by atoms with Crippen LogP contribution in [0, 0.1) is 27.7 Å². The summed E-state index contributed by atoms with van der Waals surface area (Å²) in [5.74, 6) is 0.120. The predicted octanol–water partition coefficient (Wildman–Crippen LogP) is 3.05. The molecule has 0 radical (unpaired) electrons. The second-order valence-electron chi connectivity index (χ2n) is 6.07. The van der Waals surface area contributed by atoms with Crippen LogP contribution in [0.1, 0.15) is 50.6 Å². The highest BCUT2D eigenvalue weighted by atomic mass is 32.1. The second-order valence-corrected chi connectivity index (χ2v) is 7.27. The molecule has 3 heterocycles. The molecule has 1 saturated heterocycles. The van der Waals surface area contributed by atoms with Crippen molar-refractivity contribution in [2.75, 3.05) is 13.1 Å². The topological polar surface area (TPSA) is 51.0 Å². The molecule has 3 rings (SSSR count). The van der Waals surface area contributed by atoms with Crippen molar-refractivity contribution in [3.05, 3.63) is 33.0 Å². The number of nitrogens with zero attached hydrogens (tertiary/aromatic N) is 4. The summed E-state index contributed by atoms with van der Waals surface area (Å²) in [7, 11) is 0. The molecule has 1 aliphatic rings. The number of amides is 1. The maximum absolute atomic E-state index is 12.8. The minimum Gasteiger partial charge on any atom is -0.336 e. The van der Waals surface area contributed by atoms with Crippen LogP contribution in [-0.2, 0) is 0 Å². The number of hydrogen-bond acceptors (Lipinski definition) is 4. The lowest BCUT2D eigenvalue weighted by molar-refractivity contribution is 0.0675. The van der Waals surface area contributed by atoms with E-state index in [1.165, 1.54) is 17.0 Å². The second kappa shape index (κ2) is 5.83. The minimum atomic E-state index is 0.120. The Bertz CT molecular complexity index is 703. The number of carbonyl (C=O) groups is 1. The Hall–Kier alpha value is -1.69. The molecule has 6 heteroatoms. The zero-order valence-corrected chi connectivity index (χ0v) is 14.4. The Morgan fingerprint density at radius 2 is 2.09 bits per heavy atom. The number of hydrogen-bond donors (Lipinski definition) is 0. The van der Waals surface area contributed by atoms with Gasteiger partial charge in [-0.1, -0.05) is 0 Å². The third-order valence-electron chi connectivity index (χ3n) is 4.17. The lowest BCUT2D eigenvalue weighted by atomic mass is 10.1. The smallest absolute Gasteiger partial charge is 0.265 e. The Labute approximate surface area is 135 Å². The van der Waals surface area contributed by atoms with Gasteiger partial charge in [-0.15, -0.1) is 11.3 Å². The first kappa shape index (κ1) is 15.2. The number of carbonyl (C=O) groups excluding carboxylic acids is 1. The predicted molar refractivity (Wildman–Crippen MR) is 87.5 cm³/mol. The van der Waals surface area contributed by atoms with Crippen molar-refractivity contribution in [2.24, 2.45) is 0 Å². The number of likely N-dealkylation sites (tertiary alicyclic amines) is 1. The molecule has 2 aromatic heterocycles. The summed E-state index contributed by atoms with van der Waals surface area (Å²) in [6.07, 6.45) is 2.10. The van der Waals surface area contributed by atoms with Crippen molar-refractivity contribution in [3.8, 4) is 0 Å². The van der Waals surface area contributed by atoms with E-state index in [-0.39, 0.29) is 11.9 Å². The highest BCUT2D eigenvalue weighted by molar-refractivity contribution is 7.13. The summed E-state index contributed by atoms with van der Waals surface area (Å²) < 4.78 is 2.08. The summed E-state index contributed by atoms with van der Waals surface area (Å²) in [4.78, 5) is 19.9. The minimum absolute atomic E-state index is 0.120. The highest BCUT2D eigenvalue weighted by Crippen LogP contribution is 2.26. The fourth-order valence-electron chi connectivity index (χ4n) is 3.23. The lowest BCUT2D eigenvalue weighted by Gasteiger charge is -2.33. The van der Waals surface area contributed by atoms with Gasteiger partial charge in [0.15, 0.2) is 0 Å². The molecule has 1 aliphatic heterocycles. The Morgan fingerprint density at radius 3 is 2.68 bits per heavy atom. The first-order valence-corrected chi connectivity index (χ1v) is 8.53. The molecule has 1 atom stereocenters. The first-order chi connectivity index (χ1) is 10.5. The lowest BCUT2D eigenvalue weighted by Crippen LogP contribution is -2.41. The van der Waals surface area contributed by atoms with Gasteiger partial charge in [-0.25, -0.2) is 4.98 Å². The van der Waals surface area contributed by atoms with Gasteiger partial charge < -0.3 is 4.90 Å². The zero-order chi connectivity index (χ0) is 15.9. The van der Waals surface area contributed by atoms with Gasteiger partial charge in [0.25, 0.3) is 5.91 Å². The molecular formula is C16H22N4OS. The standard InChI is InChI=1S/C16H22N4OS/c1-10-8-11(2)20(18-10)14-6-5-7-19(9-14)16(21)15-12(3)17-13(4)22-15/h8,14H,5-7,9H2,1-4H3/t14-/m1/s1. The monoisotopic (exact) mass is 318 g/mol. The number of aromatic nitrogens is 3. The average molecular weight is 318 g/mol. The molecule has 0 N–H and O–H groups in total. The average Bonchev–Trinajstić information content (AvgIpc) is 2.99. The summed E-state index contributed by atoms with van der Waals surface area (Å²) >= 11 is 1.50. The number of piperidine rings is 1. The quantitative estimate of drug-likeness (QED) is 0.855. The van der Waals surface area contributed by atoms with E-state index in [4.69, 9.17) is 0 Å². The fraction of sp³-hybridized carbons (Fsp3) is 0.562. The highest BCUT2D eigenvalue weighted by Gasteiger charge is 2.28. The van der Waals surface area contributed by atoms with Gasteiger partial charge in [0.2, 0.25) is 0 Å². The molecule has 2 aromatic rings. The van der Waals surface area contributed by atoms with Crippen LogP contribution in [0.4, 0.5) is 0 Å². The summed E-state index contributed by atoms with van der Waals surface area (Å²) in [6.45, 7) is 9.51. The summed E-state index contributed by atoms with van der Waals surface area (Å²) in [5.41, 5.74) is 3.05. The van der Waals surface area contributed by atoms with E-state index in [1.54, 1.807) is 0 Å². The van der Waals surface area contributed by atoms with Crippen LogP contribution in [0.15, 0.2) is 6.07 Å². The van der Waals surface area contributed by atoms with E-state index >= 15 is 0 Å². The normalized spacial score (nSPS) is 18.7. The largest absolute Gasteiger partial charge is 0.336 e. The molecule has 1 amide bonds. The van der Waals surface area contributed by atoms with Crippen LogP contribution in [0.25, 0.3) is 0 Å².